The van der Waals surface area contributed by atoms with Crippen LogP contribution in [0.15, 0.2) is 85.1 Å². The zero-order valence-electron chi connectivity index (χ0n) is 33.9. The Hall–Kier alpha value is -5.29. The summed E-state index contributed by atoms with van der Waals surface area (Å²) in [6, 6.07) is 37.8. The number of fused-ring (bicyclic) bond motifs is 4. The fraction of sp³-hybridized carbons (Fsp3) is 0.298. The largest absolute Gasteiger partial charge is 2.00 e. The van der Waals surface area contributed by atoms with Gasteiger partial charge >= 0.3 is 27.1 Å². The number of hydrogen-bond donors (Lipinski definition) is 0. The van der Waals surface area contributed by atoms with E-state index in [1.165, 1.54) is 5.56 Å². The number of rotatable bonds is 5. The molecule has 1 aliphatic rings. The monoisotopic (exact) mass is 920 g/mol. The summed E-state index contributed by atoms with van der Waals surface area (Å²) in [5.41, 5.74) is 7.11. The number of aromatic nitrogens is 5. The van der Waals surface area contributed by atoms with E-state index in [0.717, 1.165) is 50.2 Å². The summed E-state index contributed by atoms with van der Waals surface area (Å²) in [5.74, 6) is 3.77. The Bertz CT molecular complexity index is 2720. The normalized spacial score (nSPS) is 13.1. The third-order valence-electron chi connectivity index (χ3n) is 9.93. The topological polar surface area (TPSA) is 71.7 Å². The van der Waals surface area contributed by atoms with Gasteiger partial charge in [0.1, 0.15) is 29.0 Å². The van der Waals surface area contributed by atoms with Crippen LogP contribution in [0.4, 0.5) is 17.1 Å². The quantitative estimate of drug-likeness (QED) is 0.127. The minimum atomic E-state index is -0.324. The standard InChI is InChI=1S/C47H47N7O.Pt/c1-29-21-22-48-41(23-29)54-36-20-19-30(45(2,3)4)24-33(36)34-26-35(42-49-43(46(5,6)7)51-44(50-42)47(8,9)10)40(27-39(34)54)55-32-16-14-15-31(25-32)53-28-52(11)37-17-12-13-18-38(37)53;/h12-24,26H,1-11H3;/q;+2. The Balaban J connectivity index is 0.00000480. The molecule has 0 fully saturated rings. The summed E-state index contributed by atoms with van der Waals surface area (Å²) in [5, 5.41) is 2.09. The second kappa shape index (κ2) is 14.0. The van der Waals surface area contributed by atoms with Crippen LogP contribution in [0.1, 0.15) is 85.1 Å². The minimum Gasteiger partial charge on any atom is -0.508 e. The molecule has 0 saturated carbocycles. The van der Waals surface area contributed by atoms with Gasteiger partial charge in [-0.2, -0.15) is 6.07 Å². The third-order valence-corrected chi connectivity index (χ3v) is 9.93. The van der Waals surface area contributed by atoms with E-state index in [4.69, 9.17) is 24.7 Å². The maximum absolute atomic E-state index is 6.91. The molecule has 0 unspecified atom stereocenters. The minimum absolute atomic E-state index is 0. The molecule has 0 radical (unpaired) electrons. The van der Waals surface area contributed by atoms with Crippen molar-refractivity contribution in [1.82, 2.24) is 29.1 Å². The first-order valence-electron chi connectivity index (χ1n) is 18.8. The van der Waals surface area contributed by atoms with Gasteiger partial charge in [0.2, 0.25) is 0 Å². The van der Waals surface area contributed by atoms with Gasteiger partial charge in [-0.3, -0.25) is 0 Å². The van der Waals surface area contributed by atoms with Gasteiger partial charge in [0.05, 0.1) is 0 Å². The zero-order valence-corrected chi connectivity index (χ0v) is 36.2. The van der Waals surface area contributed by atoms with E-state index in [1.807, 2.05) is 58.8 Å². The van der Waals surface area contributed by atoms with Crippen LogP contribution in [0.5, 0.6) is 11.5 Å². The fourth-order valence-corrected chi connectivity index (χ4v) is 6.84. The van der Waals surface area contributed by atoms with E-state index in [-0.39, 0.29) is 37.3 Å². The van der Waals surface area contributed by atoms with Gasteiger partial charge in [0, 0.05) is 46.2 Å². The number of nitrogens with zero attached hydrogens (tertiary/aromatic N) is 7. The van der Waals surface area contributed by atoms with Gasteiger partial charge in [0.15, 0.2) is 7.05 Å². The SMILES string of the molecule is Cc1ccnc(-n2c3[c-]c(Oc4[c-]c([N+]5=C=[N+](C)c6ccccc65)ccc4)c(-c4nc(C(C)(C)C)nc(C(C)(C)C)n4)cc3c3cc(C(C)(C)C)ccc32)c1.[Pt+2]. The molecule has 9 heteroatoms. The smallest absolute Gasteiger partial charge is 0.508 e. The predicted molar refractivity (Wildman–Crippen MR) is 221 cm³/mol. The molecule has 8 nitrogen and oxygen atoms in total. The van der Waals surface area contributed by atoms with Crippen LogP contribution in [0.3, 0.4) is 0 Å². The van der Waals surface area contributed by atoms with Crippen molar-refractivity contribution in [3.63, 3.8) is 0 Å². The molecule has 3 aromatic heterocycles. The number of ether oxygens (including phenoxy) is 1. The first-order valence-corrected chi connectivity index (χ1v) is 18.8. The Morgan fingerprint density at radius 3 is 2.07 bits per heavy atom. The van der Waals surface area contributed by atoms with Crippen LogP contribution in [0.2, 0.25) is 0 Å². The van der Waals surface area contributed by atoms with Crippen molar-refractivity contribution in [2.75, 3.05) is 7.05 Å². The van der Waals surface area contributed by atoms with Crippen LogP contribution >= 0.6 is 0 Å². The Morgan fingerprint density at radius 2 is 1.41 bits per heavy atom. The van der Waals surface area contributed by atoms with Crippen LogP contribution in [-0.2, 0) is 37.3 Å². The predicted octanol–water partition coefficient (Wildman–Crippen LogP) is 10.9. The Labute approximate surface area is 344 Å². The number of para-hydroxylation sites is 2. The molecule has 1 aliphatic heterocycles. The molecule has 0 bridgehead atoms. The average molecular weight is 921 g/mol. The third kappa shape index (κ3) is 7.13. The number of pyridine rings is 1. The molecular weight excluding hydrogens is 874 g/mol. The van der Waals surface area contributed by atoms with E-state index in [1.54, 1.807) is 0 Å². The molecule has 0 aliphatic carbocycles. The van der Waals surface area contributed by atoms with E-state index < -0.39 is 0 Å². The summed E-state index contributed by atoms with van der Waals surface area (Å²) >= 11 is 0. The molecule has 8 rings (SSSR count). The second-order valence-electron chi connectivity index (χ2n) is 17.6. The van der Waals surface area contributed by atoms with Crippen molar-refractivity contribution in [2.24, 2.45) is 0 Å². The molecular formula is C47H47N7OPt+2. The number of benzene rings is 4. The second-order valence-corrected chi connectivity index (χ2v) is 17.6. The molecule has 56 heavy (non-hydrogen) atoms. The van der Waals surface area contributed by atoms with Gasteiger partial charge in [-0.1, -0.05) is 113 Å². The van der Waals surface area contributed by atoms with Crippen molar-refractivity contribution in [3.05, 3.63) is 120 Å². The first-order chi connectivity index (χ1) is 26.0. The summed E-state index contributed by atoms with van der Waals surface area (Å²) in [6.07, 6.45) is 1.85. The average Bonchev–Trinajstić information content (AvgIpc) is 3.63. The fourth-order valence-electron chi connectivity index (χ4n) is 6.84. The van der Waals surface area contributed by atoms with Gasteiger partial charge in [0.25, 0.3) is 11.4 Å². The maximum Gasteiger partial charge on any atom is 2.00 e. The van der Waals surface area contributed by atoms with Crippen LogP contribution in [0.25, 0.3) is 39.0 Å². The van der Waals surface area contributed by atoms with E-state index in [2.05, 4.69) is 134 Å². The van der Waals surface area contributed by atoms with Crippen molar-refractivity contribution in [3.8, 4) is 28.7 Å². The van der Waals surface area contributed by atoms with Gasteiger partial charge in [-0.05, 0) is 52.6 Å². The summed E-state index contributed by atoms with van der Waals surface area (Å²) < 4.78 is 13.1. The zero-order chi connectivity index (χ0) is 39.0. The molecule has 7 aromatic rings. The van der Waals surface area contributed by atoms with Crippen molar-refractivity contribution in [2.45, 2.75) is 85.5 Å². The van der Waals surface area contributed by atoms with Gasteiger partial charge in [-0.25, -0.2) is 19.9 Å². The molecule has 284 valence electrons. The van der Waals surface area contributed by atoms with E-state index in [9.17, 15) is 0 Å². The first kappa shape index (κ1) is 39.0. The van der Waals surface area contributed by atoms with E-state index in [0.29, 0.717) is 34.5 Å². The summed E-state index contributed by atoms with van der Waals surface area (Å²) in [7, 11) is 1.99. The van der Waals surface area contributed by atoms with Crippen molar-refractivity contribution < 1.29 is 30.4 Å². The van der Waals surface area contributed by atoms with Crippen LogP contribution in [-0.4, -0.2) is 42.1 Å². The molecule has 4 heterocycles. The molecule has 0 atom stereocenters. The van der Waals surface area contributed by atoms with E-state index >= 15 is 0 Å². The van der Waals surface area contributed by atoms with Crippen molar-refractivity contribution in [1.29, 1.82) is 0 Å². The Morgan fingerprint density at radius 1 is 0.714 bits per heavy atom. The van der Waals surface area contributed by atoms with Crippen molar-refractivity contribution >= 4 is 44.9 Å². The number of aryl methyl sites for hydroxylation is 1. The molecule has 4 aromatic carbocycles. The Kier molecular flexibility index (Phi) is 9.76. The summed E-state index contributed by atoms with van der Waals surface area (Å²) in [6.45, 7) is 21.6. The van der Waals surface area contributed by atoms with Crippen LogP contribution < -0.4 is 9.31 Å². The van der Waals surface area contributed by atoms with Gasteiger partial charge < -0.3 is 9.30 Å². The maximum atomic E-state index is 6.91. The molecule has 0 saturated heterocycles. The molecule has 0 spiro atoms. The van der Waals surface area contributed by atoms with Crippen LogP contribution in [0, 0.1) is 19.1 Å². The number of hydrogen-bond acceptors (Lipinski definition) is 5. The molecule has 0 N–H and O–H groups in total. The molecule has 0 amide bonds. The van der Waals surface area contributed by atoms with Gasteiger partial charge in [-0.15, -0.1) is 23.6 Å². The summed E-state index contributed by atoms with van der Waals surface area (Å²) in [4.78, 5) is 20.1.